The minimum absolute atomic E-state index is 0.613. The highest BCUT2D eigenvalue weighted by Gasteiger charge is 2.10. The Morgan fingerprint density at radius 1 is 1.75 bits per heavy atom. The summed E-state index contributed by atoms with van der Waals surface area (Å²) in [6.07, 6.45) is 0. The number of nitrogens with zero attached hydrogens (tertiary/aromatic N) is 2. The second-order valence-electron chi connectivity index (χ2n) is 2.05. The van der Waals surface area contributed by atoms with Gasteiger partial charge in [0.05, 0.1) is 5.55 Å². The molecule has 0 radical (unpaired) electrons. The van der Waals surface area contributed by atoms with Gasteiger partial charge in [0.15, 0.2) is 0 Å². The molecule has 0 atom stereocenters. The summed E-state index contributed by atoms with van der Waals surface area (Å²) in [6.45, 7) is 5.20. The SMILES string of the molecule is CC(C)N1CN=CS1. The predicted molar refractivity (Wildman–Crippen MR) is 37.9 cm³/mol. The maximum Gasteiger partial charge on any atom is 0.101 e. The van der Waals surface area contributed by atoms with Crippen molar-refractivity contribution in [1.82, 2.24) is 4.31 Å². The van der Waals surface area contributed by atoms with Crippen LogP contribution in [0.15, 0.2) is 4.99 Å². The molecule has 8 heavy (non-hydrogen) atoms. The maximum atomic E-state index is 4.05. The molecule has 1 rings (SSSR count). The summed E-state index contributed by atoms with van der Waals surface area (Å²) in [6, 6.07) is 0.613. The van der Waals surface area contributed by atoms with Crippen molar-refractivity contribution in [2.24, 2.45) is 4.99 Å². The van der Waals surface area contributed by atoms with Crippen LogP contribution in [0.1, 0.15) is 13.8 Å². The van der Waals surface area contributed by atoms with Gasteiger partial charge in [0, 0.05) is 6.04 Å². The zero-order valence-electron chi connectivity index (χ0n) is 5.16. The quantitative estimate of drug-likeness (QED) is 0.498. The Hall–Kier alpha value is -0.0200. The lowest BCUT2D eigenvalue weighted by molar-refractivity contribution is 0.418. The van der Waals surface area contributed by atoms with Crippen molar-refractivity contribution in [3.63, 3.8) is 0 Å². The standard InChI is InChI=1S/C5H10N2S/c1-5(2)7-3-6-4-8-7/h4-5H,3H2,1-2H3. The summed E-state index contributed by atoms with van der Waals surface area (Å²) in [5.74, 6) is 0. The molecule has 0 aliphatic carbocycles. The monoisotopic (exact) mass is 130 g/mol. The van der Waals surface area contributed by atoms with Crippen LogP contribution in [0.5, 0.6) is 0 Å². The van der Waals surface area contributed by atoms with E-state index in [1.165, 1.54) is 0 Å². The van der Waals surface area contributed by atoms with Crippen LogP contribution in [0.4, 0.5) is 0 Å². The van der Waals surface area contributed by atoms with Crippen molar-refractivity contribution in [3.05, 3.63) is 0 Å². The second-order valence-corrected chi connectivity index (χ2v) is 2.94. The van der Waals surface area contributed by atoms with E-state index in [0.717, 1.165) is 6.67 Å². The molecule has 1 aliphatic rings. The lowest BCUT2D eigenvalue weighted by Gasteiger charge is -2.15. The van der Waals surface area contributed by atoms with Crippen molar-refractivity contribution in [3.8, 4) is 0 Å². The Bertz CT molecular complexity index is 92.6. The summed E-state index contributed by atoms with van der Waals surface area (Å²) >= 11 is 1.69. The molecule has 0 spiro atoms. The Balaban J connectivity index is 2.29. The summed E-state index contributed by atoms with van der Waals surface area (Å²) in [4.78, 5) is 4.05. The highest BCUT2D eigenvalue weighted by molar-refractivity contribution is 8.10. The van der Waals surface area contributed by atoms with Gasteiger partial charge >= 0.3 is 0 Å². The molecule has 0 aromatic carbocycles. The zero-order valence-corrected chi connectivity index (χ0v) is 5.98. The van der Waals surface area contributed by atoms with Crippen LogP contribution >= 0.6 is 11.9 Å². The fraction of sp³-hybridized carbons (Fsp3) is 0.800. The largest absolute Gasteiger partial charge is 0.269 e. The van der Waals surface area contributed by atoms with Gasteiger partial charge in [-0.05, 0) is 25.8 Å². The minimum atomic E-state index is 0.613. The topological polar surface area (TPSA) is 15.6 Å². The van der Waals surface area contributed by atoms with Crippen LogP contribution in [0.25, 0.3) is 0 Å². The molecule has 0 saturated carbocycles. The highest BCUT2D eigenvalue weighted by atomic mass is 32.2. The smallest absolute Gasteiger partial charge is 0.101 e. The van der Waals surface area contributed by atoms with Gasteiger partial charge in [-0.25, -0.2) is 4.31 Å². The molecule has 1 aliphatic heterocycles. The molecular weight excluding hydrogens is 120 g/mol. The number of rotatable bonds is 1. The Kier molecular flexibility index (Phi) is 1.91. The zero-order chi connectivity index (χ0) is 5.98. The fourth-order valence-electron chi connectivity index (χ4n) is 0.526. The molecule has 0 bridgehead atoms. The average molecular weight is 130 g/mol. The second kappa shape index (κ2) is 2.51. The van der Waals surface area contributed by atoms with Gasteiger partial charge in [0.25, 0.3) is 0 Å². The van der Waals surface area contributed by atoms with E-state index in [2.05, 4.69) is 23.1 Å². The van der Waals surface area contributed by atoms with Crippen LogP contribution in [0.3, 0.4) is 0 Å². The molecule has 0 amide bonds. The van der Waals surface area contributed by atoms with E-state index in [9.17, 15) is 0 Å². The van der Waals surface area contributed by atoms with E-state index in [4.69, 9.17) is 0 Å². The molecule has 0 N–H and O–H groups in total. The fourth-order valence-corrected chi connectivity index (χ4v) is 1.16. The Labute approximate surface area is 54.1 Å². The van der Waals surface area contributed by atoms with Gasteiger partial charge in [-0.2, -0.15) is 0 Å². The molecule has 0 fully saturated rings. The molecule has 46 valence electrons. The van der Waals surface area contributed by atoms with E-state index in [-0.39, 0.29) is 0 Å². The third-order valence-electron chi connectivity index (χ3n) is 1.05. The summed E-state index contributed by atoms with van der Waals surface area (Å²) in [7, 11) is 0. The summed E-state index contributed by atoms with van der Waals surface area (Å²) in [5.41, 5.74) is 1.89. The van der Waals surface area contributed by atoms with E-state index < -0.39 is 0 Å². The first-order chi connectivity index (χ1) is 3.80. The number of aliphatic imine (C=N–C) groups is 1. The summed E-state index contributed by atoms with van der Waals surface area (Å²) < 4.78 is 2.22. The van der Waals surface area contributed by atoms with Crippen LogP contribution in [0, 0.1) is 0 Å². The third-order valence-corrected chi connectivity index (χ3v) is 2.11. The Morgan fingerprint density at radius 3 is 2.75 bits per heavy atom. The van der Waals surface area contributed by atoms with Gasteiger partial charge < -0.3 is 0 Å². The minimum Gasteiger partial charge on any atom is -0.269 e. The first-order valence-corrected chi connectivity index (χ1v) is 3.56. The lowest BCUT2D eigenvalue weighted by atomic mass is 10.4. The van der Waals surface area contributed by atoms with E-state index in [1.807, 2.05) is 5.55 Å². The highest BCUT2D eigenvalue weighted by Crippen LogP contribution is 2.15. The molecular formula is C5H10N2S. The lowest BCUT2D eigenvalue weighted by Crippen LogP contribution is -2.20. The van der Waals surface area contributed by atoms with Crippen molar-refractivity contribution < 1.29 is 0 Å². The summed E-state index contributed by atoms with van der Waals surface area (Å²) in [5, 5.41) is 0. The first-order valence-electron chi connectivity index (χ1n) is 2.72. The molecule has 1 heterocycles. The predicted octanol–water partition coefficient (Wildman–Crippen LogP) is 1.34. The van der Waals surface area contributed by atoms with Crippen molar-refractivity contribution >= 4 is 17.5 Å². The molecule has 3 heteroatoms. The van der Waals surface area contributed by atoms with Crippen molar-refractivity contribution in [2.75, 3.05) is 6.67 Å². The molecule has 0 aromatic rings. The van der Waals surface area contributed by atoms with Crippen LogP contribution in [0.2, 0.25) is 0 Å². The van der Waals surface area contributed by atoms with E-state index >= 15 is 0 Å². The molecule has 0 unspecified atom stereocenters. The maximum absolute atomic E-state index is 4.05. The molecule has 0 saturated heterocycles. The van der Waals surface area contributed by atoms with Crippen molar-refractivity contribution in [1.29, 1.82) is 0 Å². The van der Waals surface area contributed by atoms with E-state index in [1.54, 1.807) is 11.9 Å². The molecule has 0 aromatic heterocycles. The third kappa shape index (κ3) is 1.23. The van der Waals surface area contributed by atoms with Crippen LogP contribution < -0.4 is 0 Å². The first kappa shape index (κ1) is 6.11. The van der Waals surface area contributed by atoms with Gasteiger partial charge in [0.2, 0.25) is 0 Å². The van der Waals surface area contributed by atoms with Crippen molar-refractivity contribution in [2.45, 2.75) is 19.9 Å². The van der Waals surface area contributed by atoms with Gasteiger partial charge in [0.1, 0.15) is 6.67 Å². The van der Waals surface area contributed by atoms with Gasteiger partial charge in [-0.1, -0.05) is 0 Å². The molecule has 2 nitrogen and oxygen atoms in total. The number of hydrogen-bond donors (Lipinski definition) is 0. The van der Waals surface area contributed by atoms with Gasteiger partial charge in [-0.15, -0.1) is 0 Å². The average Bonchev–Trinajstić information content (AvgIpc) is 2.12. The van der Waals surface area contributed by atoms with Crippen LogP contribution in [-0.2, 0) is 0 Å². The van der Waals surface area contributed by atoms with Gasteiger partial charge in [-0.3, -0.25) is 4.99 Å². The number of hydrogen-bond acceptors (Lipinski definition) is 3. The normalized spacial score (nSPS) is 20.9. The Morgan fingerprint density at radius 2 is 2.50 bits per heavy atom. The van der Waals surface area contributed by atoms with Crippen LogP contribution in [-0.4, -0.2) is 22.6 Å². The van der Waals surface area contributed by atoms with E-state index in [0.29, 0.717) is 6.04 Å².